The number of terminal acetylenes is 1. The van der Waals surface area contributed by atoms with Crippen LogP contribution in [0.25, 0.3) is 0 Å². The van der Waals surface area contributed by atoms with Gasteiger partial charge in [-0.15, -0.1) is 17.8 Å². The van der Waals surface area contributed by atoms with Gasteiger partial charge in [-0.1, -0.05) is 5.92 Å². The molecular weight excluding hydrogens is 272 g/mol. The SMILES string of the molecule is C#CCOCC1CCN(C(=O)c2sc(C)nc2C)CC1. The predicted octanol–water partition coefficient (Wildman–Crippen LogP) is 2.26. The van der Waals surface area contributed by atoms with Gasteiger partial charge in [0.15, 0.2) is 0 Å². The molecule has 0 saturated carbocycles. The lowest BCUT2D eigenvalue weighted by atomic mass is 9.97. The molecule has 1 saturated heterocycles. The second-order valence-electron chi connectivity index (χ2n) is 5.10. The molecule has 0 aromatic carbocycles. The number of hydrogen-bond donors (Lipinski definition) is 0. The summed E-state index contributed by atoms with van der Waals surface area (Å²) in [6.45, 7) is 6.49. The van der Waals surface area contributed by atoms with Crippen LogP contribution in [0.5, 0.6) is 0 Å². The lowest BCUT2D eigenvalue weighted by Gasteiger charge is -2.31. The van der Waals surface area contributed by atoms with Gasteiger partial charge in [0.25, 0.3) is 5.91 Å². The van der Waals surface area contributed by atoms with Gasteiger partial charge < -0.3 is 9.64 Å². The maximum Gasteiger partial charge on any atom is 0.265 e. The van der Waals surface area contributed by atoms with Crippen LogP contribution in [0, 0.1) is 32.1 Å². The molecule has 0 aliphatic carbocycles. The molecule has 4 nitrogen and oxygen atoms in total. The van der Waals surface area contributed by atoms with Gasteiger partial charge in [-0.25, -0.2) is 4.98 Å². The fraction of sp³-hybridized carbons (Fsp3) is 0.600. The smallest absolute Gasteiger partial charge is 0.265 e. The Hall–Kier alpha value is -1.38. The van der Waals surface area contributed by atoms with Crippen molar-refractivity contribution in [2.24, 2.45) is 5.92 Å². The van der Waals surface area contributed by atoms with Crippen molar-refractivity contribution in [1.82, 2.24) is 9.88 Å². The highest BCUT2D eigenvalue weighted by molar-refractivity contribution is 7.13. The zero-order valence-corrected chi connectivity index (χ0v) is 12.8. The Bertz CT molecular complexity index is 510. The third-order valence-electron chi connectivity index (χ3n) is 3.54. The number of ether oxygens (including phenoxy) is 1. The van der Waals surface area contributed by atoms with E-state index in [2.05, 4.69) is 10.9 Å². The van der Waals surface area contributed by atoms with Gasteiger partial charge in [0.05, 0.1) is 17.3 Å². The van der Waals surface area contributed by atoms with Crippen LogP contribution >= 0.6 is 11.3 Å². The Morgan fingerprint density at radius 2 is 2.20 bits per heavy atom. The Morgan fingerprint density at radius 3 is 2.75 bits per heavy atom. The number of piperidine rings is 1. The monoisotopic (exact) mass is 292 g/mol. The van der Waals surface area contributed by atoms with Crippen molar-refractivity contribution in [2.75, 3.05) is 26.3 Å². The number of hydrogen-bond acceptors (Lipinski definition) is 4. The summed E-state index contributed by atoms with van der Waals surface area (Å²) < 4.78 is 5.38. The van der Waals surface area contributed by atoms with Crippen molar-refractivity contribution < 1.29 is 9.53 Å². The molecule has 1 amide bonds. The third kappa shape index (κ3) is 3.59. The van der Waals surface area contributed by atoms with E-state index < -0.39 is 0 Å². The van der Waals surface area contributed by atoms with E-state index in [1.165, 1.54) is 11.3 Å². The summed E-state index contributed by atoms with van der Waals surface area (Å²) in [7, 11) is 0. The molecule has 0 bridgehead atoms. The van der Waals surface area contributed by atoms with Crippen molar-refractivity contribution in [3.63, 3.8) is 0 Å². The molecule has 0 unspecified atom stereocenters. The summed E-state index contributed by atoms with van der Waals surface area (Å²) >= 11 is 1.48. The minimum absolute atomic E-state index is 0.121. The summed E-state index contributed by atoms with van der Waals surface area (Å²) in [5.74, 6) is 3.10. The maximum atomic E-state index is 12.4. The van der Waals surface area contributed by atoms with Gasteiger partial charge in [-0.3, -0.25) is 4.79 Å². The number of rotatable bonds is 4. The van der Waals surface area contributed by atoms with Gasteiger partial charge >= 0.3 is 0 Å². The molecule has 1 fully saturated rings. The average Bonchev–Trinajstić information content (AvgIpc) is 2.78. The van der Waals surface area contributed by atoms with E-state index in [1.54, 1.807) is 0 Å². The number of aromatic nitrogens is 1. The highest BCUT2D eigenvalue weighted by Gasteiger charge is 2.26. The molecule has 2 heterocycles. The molecule has 108 valence electrons. The molecule has 1 aromatic rings. The molecule has 1 aromatic heterocycles. The first-order chi connectivity index (χ1) is 9.61. The van der Waals surface area contributed by atoms with Crippen molar-refractivity contribution >= 4 is 17.2 Å². The minimum atomic E-state index is 0.121. The van der Waals surface area contributed by atoms with E-state index in [9.17, 15) is 4.79 Å². The predicted molar refractivity (Wildman–Crippen MR) is 79.9 cm³/mol. The van der Waals surface area contributed by atoms with Crippen molar-refractivity contribution in [3.05, 3.63) is 15.6 Å². The number of thiazole rings is 1. The summed E-state index contributed by atoms with van der Waals surface area (Å²) in [4.78, 5) is 19.5. The fourth-order valence-corrected chi connectivity index (χ4v) is 3.35. The molecular formula is C15H20N2O2S. The second-order valence-corrected chi connectivity index (χ2v) is 6.31. The molecule has 20 heavy (non-hydrogen) atoms. The summed E-state index contributed by atoms with van der Waals surface area (Å²) in [6.07, 6.45) is 7.11. The molecule has 5 heteroatoms. The lowest BCUT2D eigenvalue weighted by Crippen LogP contribution is -2.39. The maximum absolute atomic E-state index is 12.4. The van der Waals surface area contributed by atoms with Crippen molar-refractivity contribution in [2.45, 2.75) is 26.7 Å². The Kier molecular flexibility index (Phi) is 5.16. The Morgan fingerprint density at radius 1 is 1.50 bits per heavy atom. The third-order valence-corrected chi connectivity index (χ3v) is 4.60. The van der Waals surface area contributed by atoms with Gasteiger partial charge in [0, 0.05) is 13.1 Å². The normalized spacial score (nSPS) is 16.1. The van der Waals surface area contributed by atoms with E-state index in [4.69, 9.17) is 11.2 Å². The quantitative estimate of drug-likeness (QED) is 0.631. The summed E-state index contributed by atoms with van der Waals surface area (Å²) in [6, 6.07) is 0. The Balaban J connectivity index is 1.86. The average molecular weight is 292 g/mol. The summed E-state index contributed by atoms with van der Waals surface area (Å²) in [5.41, 5.74) is 0.844. The molecule has 1 aliphatic heterocycles. The van der Waals surface area contributed by atoms with E-state index in [1.807, 2.05) is 18.7 Å². The van der Waals surface area contributed by atoms with Crippen LogP contribution in [0.15, 0.2) is 0 Å². The first-order valence-electron chi connectivity index (χ1n) is 6.86. The van der Waals surface area contributed by atoms with E-state index in [-0.39, 0.29) is 5.91 Å². The highest BCUT2D eigenvalue weighted by Crippen LogP contribution is 2.23. The van der Waals surface area contributed by atoms with Crippen LogP contribution in [-0.2, 0) is 4.74 Å². The van der Waals surface area contributed by atoms with E-state index >= 15 is 0 Å². The molecule has 0 N–H and O–H groups in total. The van der Waals surface area contributed by atoms with Gasteiger partial charge in [-0.05, 0) is 32.6 Å². The first kappa shape index (κ1) is 15.0. The zero-order valence-electron chi connectivity index (χ0n) is 12.0. The van der Waals surface area contributed by atoms with Crippen molar-refractivity contribution in [1.29, 1.82) is 0 Å². The minimum Gasteiger partial charge on any atom is -0.369 e. The molecule has 1 aliphatic rings. The van der Waals surface area contributed by atoms with E-state index in [0.29, 0.717) is 19.1 Å². The number of likely N-dealkylation sites (tertiary alicyclic amines) is 1. The molecule has 0 atom stereocenters. The van der Waals surface area contributed by atoms with E-state index in [0.717, 1.165) is 41.5 Å². The standard InChI is InChI=1S/C15H20N2O2S/c1-4-9-19-10-13-5-7-17(8-6-13)15(18)14-11(2)16-12(3)20-14/h1,13H,5-10H2,2-3H3. The first-order valence-corrected chi connectivity index (χ1v) is 7.68. The fourth-order valence-electron chi connectivity index (χ4n) is 2.46. The second kappa shape index (κ2) is 6.87. The van der Waals surface area contributed by atoms with Crippen molar-refractivity contribution in [3.8, 4) is 12.3 Å². The number of amides is 1. The van der Waals surface area contributed by atoms with Crippen LogP contribution in [0.4, 0.5) is 0 Å². The lowest BCUT2D eigenvalue weighted by molar-refractivity contribution is 0.0585. The van der Waals surface area contributed by atoms with Crippen LogP contribution in [0.1, 0.15) is 33.2 Å². The van der Waals surface area contributed by atoms with Crippen LogP contribution in [0.3, 0.4) is 0 Å². The number of nitrogens with zero attached hydrogens (tertiary/aromatic N) is 2. The molecule has 0 spiro atoms. The Labute approximate surface area is 124 Å². The van der Waals surface area contributed by atoms with Crippen LogP contribution in [0.2, 0.25) is 0 Å². The topological polar surface area (TPSA) is 42.4 Å². The summed E-state index contributed by atoms with van der Waals surface area (Å²) in [5, 5.41) is 0.948. The molecule has 2 rings (SSSR count). The number of carbonyl (C=O) groups is 1. The molecule has 0 radical (unpaired) electrons. The highest BCUT2D eigenvalue weighted by atomic mass is 32.1. The zero-order chi connectivity index (χ0) is 14.5. The largest absolute Gasteiger partial charge is 0.369 e. The van der Waals surface area contributed by atoms with Gasteiger partial charge in [0.2, 0.25) is 0 Å². The van der Waals surface area contributed by atoms with Crippen LogP contribution in [-0.4, -0.2) is 42.1 Å². The van der Waals surface area contributed by atoms with Gasteiger partial charge in [-0.2, -0.15) is 0 Å². The number of aryl methyl sites for hydroxylation is 2. The number of carbonyl (C=O) groups excluding carboxylic acids is 1. The van der Waals surface area contributed by atoms with Crippen LogP contribution < -0.4 is 0 Å². The van der Waals surface area contributed by atoms with Gasteiger partial charge in [0.1, 0.15) is 11.5 Å².